The Bertz CT molecular complexity index is 779. The number of anilines is 1. The molecule has 0 aliphatic rings. The SMILES string of the molecule is CC(C)N(C(=O)O)c1ccc2[nH]c(-c3cscn3)nc2c1. The lowest BCUT2D eigenvalue weighted by atomic mass is 10.2. The topological polar surface area (TPSA) is 82.1 Å². The van der Waals surface area contributed by atoms with Crippen LogP contribution in [0.25, 0.3) is 22.6 Å². The summed E-state index contributed by atoms with van der Waals surface area (Å²) in [5.74, 6) is 0.690. The fraction of sp³-hybridized carbons (Fsp3) is 0.214. The minimum atomic E-state index is -0.973. The van der Waals surface area contributed by atoms with Gasteiger partial charge in [-0.2, -0.15) is 0 Å². The minimum absolute atomic E-state index is 0.142. The summed E-state index contributed by atoms with van der Waals surface area (Å²) in [6.45, 7) is 3.67. The Morgan fingerprint density at radius 2 is 2.24 bits per heavy atom. The number of hydrogen-bond acceptors (Lipinski definition) is 4. The van der Waals surface area contributed by atoms with Crippen molar-refractivity contribution >= 4 is 34.2 Å². The maximum atomic E-state index is 11.4. The van der Waals surface area contributed by atoms with Crippen molar-refractivity contribution in [1.29, 1.82) is 0 Å². The van der Waals surface area contributed by atoms with Crippen LogP contribution in [0.3, 0.4) is 0 Å². The van der Waals surface area contributed by atoms with Gasteiger partial charge in [-0.3, -0.25) is 4.90 Å². The predicted molar refractivity (Wildman–Crippen MR) is 82.8 cm³/mol. The second-order valence-corrected chi connectivity index (χ2v) is 5.63. The number of H-pyrrole nitrogens is 1. The molecule has 2 N–H and O–H groups in total. The van der Waals surface area contributed by atoms with E-state index in [1.165, 1.54) is 16.2 Å². The van der Waals surface area contributed by atoms with Crippen molar-refractivity contribution in [2.24, 2.45) is 0 Å². The van der Waals surface area contributed by atoms with E-state index in [1.54, 1.807) is 17.6 Å². The number of carbonyl (C=O) groups is 1. The second kappa shape index (κ2) is 5.17. The third kappa shape index (κ3) is 2.47. The molecule has 0 fully saturated rings. The van der Waals surface area contributed by atoms with E-state index in [0.717, 1.165) is 16.7 Å². The van der Waals surface area contributed by atoms with Crippen LogP contribution < -0.4 is 4.90 Å². The van der Waals surface area contributed by atoms with Gasteiger partial charge >= 0.3 is 6.09 Å². The van der Waals surface area contributed by atoms with Gasteiger partial charge in [0.25, 0.3) is 0 Å². The molecule has 1 amide bonds. The second-order valence-electron chi connectivity index (χ2n) is 4.91. The lowest BCUT2D eigenvalue weighted by Crippen LogP contribution is -2.35. The number of hydrogen-bond donors (Lipinski definition) is 2. The lowest BCUT2D eigenvalue weighted by Gasteiger charge is -2.23. The first kappa shape index (κ1) is 13.6. The van der Waals surface area contributed by atoms with Gasteiger partial charge in [0.1, 0.15) is 5.69 Å². The molecule has 21 heavy (non-hydrogen) atoms. The fourth-order valence-corrected chi connectivity index (χ4v) is 2.76. The van der Waals surface area contributed by atoms with Crippen LogP contribution in [-0.2, 0) is 0 Å². The number of benzene rings is 1. The monoisotopic (exact) mass is 302 g/mol. The molecule has 3 aromatic rings. The molecule has 0 atom stereocenters. The Kier molecular flexibility index (Phi) is 3.34. The zero-order valence-electron chi connectivity index (χ0n) is 11.6. The molecule has 2 aromatic heterocycles. The van der Waals surface area contributed by atoms with Crippen molar-refractivity contribution in [3.05, 3.63) is 29.1 Å². The van der Waals surface area contributed by atoms with Crippen molar-refractivity contribution in [2.75, 3.05) is 4.90 Å². The van der Waals surface area contributed by atoms with Gasteiger partial charge in [-0.1, -0.05) is 0 Å². The maximum absolute atomic E-state index is 11.4. The number of thiazole rings is 1. The number of carboxylic acid groups (broad SMARTS) is 1. The van der Waals surface area contributed by atoms with Crippen LogP contribution in [0.2, 0.25) is 0 Å². The van der Waals surface area contributed by atoms with E-state index in [1.807, 2.05) is 25.3 Å². The number of nitrogens with one attached hydrogen (secondary N) is 1. The standard InChI is InChI=1S/C14H14N4O2S/c1-8(2)18(14(19)20)9-3-4-10-11(5-9)17-13(16-10)12-6-21-7-15-12/h3-8H,1-2H3,(H,16,17)(H,19,20). The molecule has 6 nitrogen and oxygen atoms in total. The van der Waals surface area contributed by atoms with Crippen LogP contribution in [0.1, 0.15) is 13.8 Å². The number of imidazole rings is 1. The van der Waals surface area contributed by atoms with Crippen molar-refractivity contribution < 1.29 is 9.90 Å². The Morgan fingerprint density at radius 1 is 1.43 bits per heavy atom. The van der Waals surface area contributed by atoms with Crippen LogP contribution in [0.15, 0.2) is 29.1 Å². The molecule has 3 rings (SSSR count). The van der Waals surface area contributed by atoms with Gasteiger partial charge in [0.05, 0.1) is 16.5 Å². The Balaban J connectivity index is 2.06. The van der Waals surface area contributed by atoms with Crippen LogP contribution in [0.5, 0.6) is 0 Å². The molecule has 108 valence electrons. The summed E-state index contributed by atoms with van der Waals surface area (Å²) < 4.78 is 0. The molecular formula is C14H14N4O2S. The fourth-order valence-electron chi connectivity index (χ4n) is 2.22. The average molecular weight is 302 g/mol. The highest BCUT2D eigenvalue weighted by atomic mass is 32.1. The van der Waals surface area contributed by atoms with Crippen molar-refractivity contribution in [2.45, 2.75) is 19.9 Å². The molecule has 2 heterocycles. The van der Waals surface area contributed by atoms with Crippen LogP contribution in [-0.4, -0.2) is 32.2 Å². The Labute approximate surface area is 125 Å². The van der Waals surface area contributed by atoms with Crippen molar-refractivity contribution in [3.8, 4) is 11.5 Å². The first-order chi connectivity index (χ1) is 10.1. The van der Waals surface area contributed by atoms with Crippen LogP contribution in [0, 0.1) is 0 Å². The van der Waals surface area contributed by atoms with E-state index in [0.29, 0.717) is 11.5 Å². The predicted octanol–water partition coefficient (Wildman–Crippen LogP) is 3.58. The molecule has 7 heteroatoms. The molecular weight excluding hydrogens is 288 g/mol. The van der Waals surface area contributed by atoms with E-state index in [-0.39, 0.29) is 6.04 Å². The number of amides is 1. The molecule has 1 aromatic carbocycles. The Morgan fingerprint density at radius 3 is 2.86 bits per heavy atom. The first-order valence-corrected chi connectivity index (χ1v) is 7.41. The van der Waals surface area contributed by atoms with Crippen molar-refractivity contribution in [1.82, 2.24) is 15.0 Å². The zero-order chi connectivity index (χ0) is 15.0. The summed E-state index contributed by atoms with van der Waals surface area (Å²) in [6.07, 6.45) is -0.973. The third-order valence-corrected chi connectivity index (χ3v) is 3.73. The van der Waals surface area contributed by atoms with Crippen LogP contribution in [0.4, 0.5) is 10.5 Å². The molecule has 0 spiro atoms. The molecule has 0 unspecified atom stereocenters. The van der Waals surface area contributed by atoms with E-state index in [2.05, 4.69) is 15.0 Å². The van der Waals surface area contributed by atoms with Gasteiger partial charge in [0, 0.05) is 17.1 Å². The van der Waals surface area contributed by atoms with E-state index in [4.69, 9.17) is 0 Å². The lowest BCUT2D eigenvalue weighted by molar-refractivity contribution is 0.200. The number of rotatable bonds is 3. The van der Waals surface area contributed by atoms with Gasteiger partial charge in [0.15, 0.2) is 5.82 Å². The number of aromatic amines is 1. The normalized spacial score (nSPS) is 11.2. The highest BCUT2D eigenvalue weighted by Gasteiger charge is 2.19. The molecule has 0 saturated carbocycles. The van der Waals surface area contributed by atoms with Crippen LogP contribution >= 0.6 is 11.3 Å². The van der Waals surface area contributed by atoms with E-state index in [9.17, 15) is 9.90 Å². The largest absolute Gasteiger partial charge is 0.465 e. The van der Waals surface area contributed by atoms with Gasteiger partial charge in [-0.25, -0.2) is 14.8 Å². The zero-order valence-corrected chi connectivity index (χ0v) is 12.4. The molecule has 0 aliphatic heterocycles. The molecule has 0 aliphatic carbocycles. The maximum Gasteiger partial charge on any atom is 0.412 e. The average Bonchev–Trinajstić information content (AvgIpc) is 3.06. The highest BCUT2D eigenvalue weighted by Crippen LogP contribution is 2.25. The highest BCUT2D eigenvalue weighted by molar-refractivity contribution is 7.07. The van der Waals surface area contributed by atoms with Gasteiger partial charge in [0.2, 0.25) is 0 Å². The summed E-state index contributed by atoms with van der Waals surface area (Å²) in [6, 6.07) is 5.25. The molecule has 0 bridgehead atoms. The summed E-state index contributed by atoms with van der Waals surface area (Å²) in [7, 11) is 0. The van der Waals surface area contributed by atoms with Crippen molar-refractivity contribution in [3.63, 3.8) is 0 Å². The number of fused-ring (bicyclic) bond motifs is 1. The smallest absolute Gasteiger partial charge is 0.412 e. The molecule has 0 radical (unpaired) electrons. The van der Waals surface area contributed by atoms with Gasteiger partial charge < -0.3 is 10.1 Å². The number of nitrogens with zero attached hydrogens (tertiary/aromatic N) is 3. The molecule has 0 saturated heterocycles. The quantitative estimate of drug-likeness (QED) is 0.774. The van der Waals surface area contributed by atoms with E-state index < -0.39 is 6.09 Å². The van der Waals surface area contributed by atoms with Gasteiger partial charge in [-0.05, 0) is 32.0 Å². The summed E-state index contributed by atoms with van der Waals surface area (Å²) in [5, 5.41) is 11.2. The number of aromatic nitrogens is 3. The summed E-state index contributed by atoms with van der Waals surface area (Å²) in [4.78, 5) is 24.6. The summed E-state index contributed by atoms with van der Waals surface area (Å²) in [5.41, 5.74) is 4.73. The van der Waals surface area contributed by atoms with Gasteiger partial charge in [-0.15, -0.1) is 11.3 Å². The Hall–Kier alpha value is -2.41. The summed E-state index contributed by atoms with van der Waals surface area (Å²) >= 11 is 1.50. The third-order valence-electron chi connectivity index (χ3n) is 3.14. The minimum Gasteiger partial charge on any atom is -0.465 e. The first-order valence-electron chi connectivity index (χ1n) is 6.46. The van der Waals surface area contributed by atoms with E-state index >= 15 is 0 Å².